The molecule has 8 heteroatoms. The highest BCUT2D eigenvalue weighted by Gasteiger charge is 2.16. The first kappa shape index (κ1) is 19.7. The van der Waals surface area contributed by atoms with Crippen LogP contribution in [0.4, 0.5) is 11.5 Å². The Labute approximate surface area is 180 Å². The van der Waals surface area contributed by atoms with Crippen molar-refractivity contribution in [2.45, 2.75) is 13.8 Å². The molecule has 0 fully saturated rings. The molecule has 4 rings (SSSR count). The molecule has 0 radical (unpaired) electrons. The van der Waals surface area contributed by atoms with E-state index in [0.717, 1.165) is 16.6 Å². The molecule has 1 aliphatic rings. The Balaban J connectivity index is 1.37. The SMILES string of the molecule is Cc1cc(C)cc(NC(=S)NCCNc2nc3cc4c(cc3cc2C#N)OCO4)c1. The summed E-state index contributed by atoms with van der Waals surface area (Å²) in [4.78, 5) is 4.58. The van der Waals surface area contributed by atoms with Gasteiger partial charge >= 0.3 is 0 Å². The molecule has 0 spiro atoms. The molecule has 0 saturated carbocycles. The van der Waals surface area contributed by atoms with E-state index in [1.54, 1.807) is 6.07 Å². The molecule has 0 amide bonds. The lowest BCUT2D eigenvalue weighted by atomic mass is 10.1. The number of ether oxygens (including phenoxy) is 2. The minimum atomic E-state index is 0.198. The minimum absolute atomic E-state index is 0.198. The summed E-state index contributed by atoms with van der Waals surface area (Å²) >= 11 is 5.37. The van der Waals surface area contributed by atoms with Crippen LogP contribution in [-0.4, -0.2) is 30.0 Å². The van der Waals surface area contributed by atoms with Crippen LogP contribution in [0, 0.1) is 25.2 Å². The molecule has 1 aromatic heterocycles. The van der Waals surface area contributed by atoms with Gasteiger partial charge < -0.3 is 25.4 Å². The maximum Gasteiger partial charge on any atom is 0.231 e. The summed E-state index contributed by atoms with van der Waals surface area (Å²) in [6.45, 7) is 5.42. The number of benzene rings is 2. The van der Waals surface area contributed by atoms with Crippen molar-refractivity contribution in [3.63, 3.8) is 0 Å². The standard InChI is InChI=1S/C22H21N5O2S/c1-13-5-14(2)7-17(6-13)26-22(30)25-4-3-24-21-16(11-23)8-15-9-19-20(29-12-28-19)10-18(15)27-21/h5-10H,3-4,12H2,1-2H3,(H,24,27)(H2,25,26,30). The average Bonchev–Trinajstić information content (AvgIpc) is 3.15. The van der Waals surface area contributed by atoms with Crippen molar-refractivity contribution in [1.29, 1.82) is 5.26 Å². The van der Waals surface area contributed by atoms with Crippen molar-refractivity contribution >= 4 is 39.7 Å². The summed E-state index contributed by atoms with van der Waals surface area (Å²) in [6, 6.07) is 13.9. The third-order valence-corrected chi connectivity index (χ3v) is 4.86. The topological polar surface area (TPSA) is 91.2 Å². The summed E-state index contributed by atoms with van der Waals surface area (Å²) in [6.07, 6.45) is 0. The molecule has 0 atom stereocenters. The third kappa shape index (κ3) is 4.36. The number of nitrogens with one attached hydrogen (secondary N) is 3. The van der Waals surface area contributed by atoms with Crippen molar-refractivity contribution in [1.82, 2.24) is 10.3 Å². The number of aromatic nitrogens is 1. The zero-order valence-corrected chi connectivity index (χ0v) is 17.5. The average molecular weight is 420 g/mol. The summed E-state index contributed by atoms with van der Waals surface area (Å²) in [5.41, 5.74) is 4.52. The van der Waals surface area contributed by atoms with Crippen LogP contribution in [0.25, 0.3) is 10.9 Å². The molecule has 0 bridgehead atoms. The highest BCUT2D eigenvalue weighted by Crippen LogP contribution is 2.36. The van der Waals surface area contributed by atoms with E-state index in [0.29, 0.717) is 41.1 Å². The number of hydrogen-bond donors (Lipinski definition) is 3. The smallest absolute Gasteiger partial charge is 0.231 e. The maximum atomic E-state index is 9.49. The second-order valence-electron chi connectivity index (χ2n) is 7.08. The third-order valence-electron chi connectivity index (χ3n) is 4.61. The molecule has 1 aliphatic heterocycles. The zero-order chi connectivity index (χ0) is 21.1. The van der Waals surface area contributed by atoms with Gasteiger partial charge in [-0.05, 0) is 61.5 Å². The van der Waals surface area contributed by atoms with Crippen LogP contribution in [-0.2, 0) is 0 Å². The molecule has 152 valence electrons. The predicted molar refractivity (Wildman–Crippen MR) is 121 cm³/mol. The van der Waals surface area contributed by atoms with E-state index >= 15 is 0 Å². The number of aryl methyl sites for hydroxylation is 2. The number of fused-ring (bicyclic) bond motifs is 2. The Kier molecular flexibility index (Phi) is 5.55. The lowest BCUT2D eigenvalue weighted by molar-refractivity contribution is 0.174. The van der Waals surface area contributed by atoms with Crippen molar-refractivity contribution < 1.29 is 9.47 Å². The van der Waals surface area contributed by atoms with E-state index in [9.17, 15) is 5.26 Å². The predicted octanol–water partition coefficient (Wildman–Crippen LogP) is 3.85. The summed E-state index contributed by atoms with van der Waals surface area (Å²) in [5, 5.41) is 20.4. The fourth-order valence-electron chi connectivity index (χ4n) is 3.36. The zero-order valence-electron chi connectivity index (χ0n) is 16.7. The van der Waals surface area contributed by atoms with Gasteiger partial charge in [-0.3, -0.25) is 0 Å². The summed E-state index contributed by atoms with van der Waals surface area (Å²) < 4.78 is 10.8. The van der Waals surface area contributed by atoms with Gasteiger partial charge in [0.15, 0.2) is 16.6 Å². The lowest BCUT2D eigenvalue weighted by Gasteiger charge is -2.13. The minimum Gasteiger partial charge on any atom is -0.454 e. The monoisotopic (exact) mass is 419 g/mol. The number of nitriles is 1. The number of pyridine rings is 1. The van der Waals surface area contributed by atoms with Crippen LogP contribution in [0.3, 0.4) is 0 Å². The van der Waals surface area contributed by atoms with Crippen LogP contribution in [0.15, 0.2) is 36.4 Å². The van der Waals surface area contributed by atoms with Crippen LogP contribution in [0.5, 0.6) is 11.5 Å². The van der Waals surface area contributed by atoms with Gasteiger partial charge in [-0.15, -0.1) is 0 Å². The van der Waals surface area contributed by atoms with Crippen LogP contribution >= 0.6 is 12.2 Å². The van der Waals surface area contributed by atoms with Gasteiger partial charge in [-0.1, -0.05) is 6.07 Å². The van der Waals surface area contributed by atoms with E-state index < -0.39 is 0 Å². The van der Waals surface area contributed by atoms with Crippen LogP contribution in [0.2, 0.25) is 0 Å². The van der Waals surface area contributed by atoms with E-state index in [-0.39, 0.29) is 6.79 Å². The molecule has 7 nitrogen and oxygen atoms in total. The molecule has 0 saturated heterocycles. The number of nitrogens with zero attached hydrogens (tertiary/aromatic N) is 2. The van der Waals surface area contributed by atoms with Crippen molar-refractivity contribution in [2.75, 3.05) is 30.5 Å². The van der Waals surface area contributed by atoms with Crippen molar-refractivity contribution in [3.8, 4) is 17.6 Å². The van der Waals surface area contributed by atoms with E-state index in [4.69, 9.17) is 21.7 Å². The van der Waals surface area contributed by atoms with Gasteiger partial charge in [0, 0.05) is 30.2 Å². The molecular formula is C22H21N5O2S. The van der Waals surface area contributed by atoms with Gasteiger partial charge in [0.05, 0.1) is 11.1 Å². The number of rotatable bonds is 5. The van der Waals surface area contributed by atoms with Crippen LogP contribution in [0.1, 0.15) is 16.7 Å². The first-order valence-corrected chi connectivity index (χ1v) is 9.94. The molecule has 2 aromatic carbocycles. The van der Waals surface area contributed by atoms with Crippen molar-refractivity contribution in [3.05, 3.63) is 53.1 Å². The first-order valence-electron chi connectivity index (χ1n) is 9.53. The van der Waals surface area contributed by atoms with Gasteiger partial charge in [-0.25, -0.2) is 4.98 Å². The second kappa shape index (κ2) is 8.43. The Bertz CT molecular complexity index is 1150. The van der Waals surface area contributed by atoms with Crippen LogP contribution < -0.4 is 25.4 Å². The molecule has 2 heterocycles. The highest BCUT2D eigenvalue weighted by atomic mass is 32.1. The Morgan fingerprint density at radius 1 is 1.07 bits per heavy atom. The normalized spacial score (nSPS) is 11.8. The van der Waals surface area contributed by atoms with Gasteiger partial charge in [0.25, 0.3) is 0 Å². The second-order valence-corrected chi connectivity index (χ2v) is 7.49. The number of anilines is 2. The molecule has 30 heavy (non-hydrogen) atoms. The Morgan fingerprint density at radius 2 is 1.80 bits per heavy atom. The quantitative estimate of drug-likeness (QED) is 0.424. The molecular weight excluding hydrogens is 398 g/mol. The van der Waals surface area contributed by atoms with E-state index in [2.05, 4.69) is 46.9 Å². The van der Waals surface area contributed by atoms with Gasteiger partial charge in [0.2, 0.25) is 6.79 Å². The molecule has 3 N–H and O–H groups in total. The van der Waals surface area contributed by atoms with Gasteiger partial charge in [0.1, 0.15) is 11.9 Å². The fourth-order valence-corrected chi connectivity index (χ4v) is 3.58. The van der Waals surface area contributed by atoms with Crippen molar-refractivity contribution in [2.24, 2.45) is 0 Å². The summed E-state index contributed by atoms with van der Waals surface area (Å²) in [5.74, 6) is 1.86. The van der Waals surface area contributed by atoms with Gasteiger partial charge in [-0.2, -0.15) is 5.26 Å². The highest BCUT2D eigenvalue weighted by molar-refractivity contribution is 7.80. The largest absolute Gasteiger partial charge is 0.454 e. The first-order chi connectivity index (χ1) is 14.5. The maximum absolute atomic E-state index is 9.49. The lowest BCUT2D eigenvalue weighted by Crippen LogP contribution is -2.32. The van der Waals surface area contributed by atoms with E-state index in [1.807, 2.05) is 24.3 Å². The Morgan fingerprint density at radius 3 is 2.53 bits per heavy atom. The number of thiocarbonyl (C=S) groups is 1. The fraction of sp³-hybridized carbons (Fsp3) is 0.227. The summed E-state index contributed by atoms with van der Waals surface area (Å²) in [7, 11) is 0. The molecule has 3 aromatic rings. The number of hydrogen-bond acceptors (Lipinski definition) is 6. The van der Waals surface area contributed by atoms with E-state index in [1.165, 1.54) is 11.1 Å². The molecule has 0 aliphatic carbocycles. The Hall–Kier alpha value is -3.57. The molecule has 0 unspecified atom stereocenters.